The Kier molecular flexibility index (Phi) is 4.84. The molecule has 0 fully saturated rings. The van der Waals surface area contributed by atoms with Crippen molar-refractivity contribution >= 4 is 5.97 Å². The number of esters is 1. The molecule has 1 aliphatic rings. The second-order valence-corrected chi connectivity index (χ2v) is 4.73. The van der Waals surface area contributed by atoms with Gasteiger partial charge in [0.15, 0.2) is 18.1 Å². The molecule has 2 N–H and O–H groups in total. The number of benzene rings is 1. The van der Waals surface area contributed by atoms with E-state index in [1.165, 1.54) is 5.56 Å². The largest absolute Gasteiger partial charge is 0.490 e. The molecule has 0 heterocycles. The number of hydrogen-bond donors (Lipinski definition) is 1. The molecule has 0 aliphatic heterocycles. The molecule has 1 aromatic carbocycles. The number of nitrogens with two attached hydrogens (primary N) is 1. The zero-order valence-corrected chi connectivity index (χ0v) is 12.0. The van der Waals surface area contributed by atoms with Crippen LogP contribution in [0.25, 0.3) is 0 Å². The predicted molar refractivity (Wildman–Crippen MR) is 75.1 cm³/mol. The number of ether oxygens (including phenoxy) is 3. The van der Waals surface area contributed by atoms with Gasteiger partial charge in [0.1, 0.15) is 0 Å². The van der Waals surface area contributed by atoms with E-state index in [-0.39, 0.29) is 18.6 Å². The molecule has 20 heavy (non-hydrogen) atoms. The third kappa shape index (κ3) is 3.22. The summed E-state index contributed by atoms with van der Waals surface area (Å²) in [6.07, 6.45) is 1.58. The van der Waals surface area contributed by atoms with E-state index in [0.29, 0.717) is 24.7 Å². The summed E-state index contributed by atoms with van der Waals surface area (Å²) >= 11 is 0. The third-order valence-electron chi connectivity index (χ3n) is 3.21. The number of fused-ring (bicyclic) bond motifs is 1. The molecular weight excluding hydrogens is 258 g/mol. The molecule has 0 saturated heterocycles. The predicted octanol–water partition coefficient (Wildman–Crippen LogP) is 1.45. The van der Waals surface area contributed by atoms with Gasteiger partial charge in [0.2, 0.25) is 0 Å². The molecule has 1 atom stereocenters. The highest BCUT2D eigenvalue weighted by Crippen LogP contribution is 2.38. The summed E-state index contributed by atoms with van der Waals surface area (Å²) < 4.78 is 16.1. The van der Waals surface area contributed by atoms with E-state index in [4.69, 9.17) is 19.9 Å². The monoisotopic (exact) mass is 279 g/mol. The van der Waals surface area contributed by atoms with Crippen molar-refractivity contribution in [2.24, 2.45) is 5.73 Å². The SMILES string of the molecule is CCOC(=O)COc1c(OCC)ccc2c1CC(N)C2. The highest BCUT2D eigenvalue weighted by Gasteiger charge is 2.25. The van der Waals surface area contributed by atoms with Gasteiger partial charge in [-0.25, -0.2) is 4.79 Å². The van der Waals surface area contributed by atoms with Crippen molar-refractivity contribution in [1.82, 2.24) is 0 Å². The van der Waals surface area contributed by atoms with E-state index in [9.17, 15) is 4.79 Å². The van der Waals surface area contributed by atoms with Gasteiger partial charge in [-0.1, -0.05) is 6.07 Å². The van der Waals surface area contributed by atoms with Crippen LogP contribution < -0.4 is 15.2 Å². The number of hydrogen-bond acceptors (Lipinski definition) is 5. The highest BCUT2D eigenvalue weighted by molar-refractivity contribution is 5.71. The molecule has 2 rings (SSSR count). The van der Waals surface area contributed by atoms with Gasteiger partial charge in [-0.3, -0.25) is 0 Å². The maximum Gasteiger partial charge on any atom is 0.344 e. The minimum atomic E-state index is -0.380. The molecule has 1 aromatic rings. The van der Waals surface area contributed by atoms with Crippen LogP contribution in [0.15, 0.2) is 12.1 Å². The average molecular weight is 279 g/mol. The first kappa shape index (κ1) is 14.7. The molecule has 1 aliphatic carbocycles. The molecule has 0 saturated carbocycles. The lowest BCUT2D eigenvalue weighted by atomic mass is 10.1. The first-order valence-corrected chi connectivity index (χ1v) is 6.97. The molecule has 1 unspecified atom stereocenters. The van der Waals surface area contributed by atoms with Crippen molar-refractivity contribution in [3.8, 4) is 11.5 Å². The van der Waals surface area contributed by atoms with E-state index in [0.717, 1.165) is 18.4 Å². The summed E-state index contributed by atoms with van der Waals surface area (Å²) in [4.78, 5) is 11.4. The van der Waals surface area contributed by atoms with Gasteiger partial charge in [0.05, 0.1) is 13.2 Å². The second kappa shape index (κ2) is 6.61. The molecule has 110 valence electrons. The van der Waals surface area contributed by atoms with Crippen LogP contribution in [0.1, 0.15) is 25.0 Å². The minimum Gasteiger partial charge on any atom is -0.490 e. The molecule has 0 bridgehead atoms. The summed E-state index contributed by atoms with van der Waals surface area (Å²) in [5.74, 6) is 0.907. The summed E-state index contributed by atoms with van der Waals surface area (Å²) in [6, 6.07) is 4.00. The first-order chi connectivity index (χ1) is 9.65. The second-order valence-electron chi connectivity index (χ2n) is 4.73. The fraction of sp³-hybridized carbons (Fsp3) is 0.533. The molecule has 0 aromatic heterocycles. The van der Waals surface area contributed by atoms with Crippen LogP contribution in [0.2, 0.25) is 0 Å². The van der Waals surface area contributed by atoms with Crippen molar-refractivity contribution in [1.29, 1.82) is 0 Å². The fourth-order valence-corrected chi connectivity index (χ4v) is 2.44. The lowest BCUT2D eigenvalue weighted by Gasteiger charge is -2.15. The Labute approximate surface area is 119 Å². The molecule has 5 nitrogen and oxygen atoms in total. The van der Waals surface area contributed by atoms with Crippen molar-refractivity contribution in [3.05, 3.63) is 23.3 Å². The van der Waals surface area contributed by atoms with E-state index >= 15 is 0 Å². The van der Waals surface area contributed by atoms with Gasteiger partial charge in [0.25, 0.3) is 0 Å². The van der Waals surface area contributed by atoms with Crippen LogP contribution in [-0.4, -0.2) is 31.8 Å². The standard InChI is InChI=1S/C15H21NO4/c1-3-18-13-6-5-10-7-11(16)8-12(10)15(13)20-9-14(17)19-4-2/h5-6,11H,3-4,7-9,16H2,1-2H3. The molecule has 0 amide bonds. The fourth-order valence-electron chi connectivity index (χ4n) is 2.44. The van der Waals surface area contributed by atoms with E-state index < -0.39 is 0 Å². The van der Waals surface area contributed by atoms with Gasteiger partial charge in [-0.2, -0.15) is 0 Å². The van der Waals surface area contributed by atoms with Crippen molar-refractivity contribution in [3.63, 3.8) is 0 Å². The maximum atomic E-state index is 11.4. The number of rotatable bonds is 6. The summed E-state index contributed by atoms with van der Waals surface area (Å²) in [6.45, 7) is 4.45. The summed E-state index contributed by atoms with van der Waals surface area (Å²) in [5.41, 5.74) is 8.21. The number of carbonyl (C=O) groups is 1. The number of carbonyl (C=O) groups excluding carboxylic acids is 1. The van der Waals surface area contributed by atoms with Crippen molar-refractivity contribution in [2.45, 2.75) is 32.7 Å². The van der Waals surface area contributed by atoms with Crippen molar-refractivity contribution in [2.75, 3.05) is 19.8 Å². The van der Waals surface area contributed by atoms with E-state index in [1.54, 1.807) is 6.92 Å². The quantitative estimate of drug-likeness (QED) is 0.798. The Balaban J connectivity index is 2.20. The maximum absolute atomic E-state index is 11.4. The van der Waals surface area contributed by atoms with Crippen molar-refractivity contribution < 1.29 is 19.0 Å². The highest BCUT2D eigenvalue weighted by atomic mass is 16.6. The first-order valence-electron chi connectivity index (χ1n) is 6.97. The van der Waals surface area contributed by atoms with Gasteiger partial charge >= 0.3 is 5.97 Å². The molecular formula is C15H21NO4. The Morgan fingerprint density at radius 3 is 2.75 bits per heavy atom. The molecule has 0 radical (unpaired) electrons. The van der Waals surface area contributed by atoms with Crippen LogP contribution in [0.4, 0.5) is 0 Å². The van der Waals surface area contributed by atoms with E-state index in [2.05, 4.69) is 0 Å². The Morgan fingerprint density at radius 1 is 1.25 bits per heavy atom. The lowest BCUT2D eigenvalue weighted by Crippen LogP contribution is -2.19. The smallest absolute Gasteiger partial charge is 0.344 e. The van der Waals surface area contributed by atoms with Crippen LogP contribution in [0.5, 0.6) is 11.5 Å². The Morgan fingerprint density at radius 2 is 2.05 bits per heavy atom. The molecule has 5 heteroatoms. The van der Waals surface area contributed by atoms with Crippen LogP contribution in [0.3, 0.4) is 0 Å². The van der Waals surface area contributed by atoms with Crippen LogP contribution in [-0.2, 0) is 22.4 Å². The molecule has 0 spiro atoms. The topological polar surface area (TPSA) is 70.8 Å². The van der Waals surface area contributed by atoms with Crippen LogP contribution >= 0.6 is 0 Å². The van der Waals surface area contributed by atoms with Crippen LogP contribution in [0, 0.1) is 0 Å². The summed E-state index contributed by atoms with van der Waals surface area (Å²) in [7, 11) is 0. The average Bonchev–Trinajstić information content (AvgIpc) is 2.78. The van der Waals surface area contributed by atoms with Gasteiger partial charge in [0, 0.05) is 11.6 Å². The summed E-state index contributed by atoms with van der Waals surface area (Å²) in [5, 5.41) is 0. The minimum absolute atomic E-state index is 0.104. The Bertz CT molecular complexity index is 487. The third-order valence-corrected chi connectivity index (χ3v) is 3.21. The van der Waals surface area contributed by atoms with Gasteiger partial charge < -0.3 is 19.9 Å². The zero-order valence-electron chi connectivity index (χ0n) is 12.0. The Hall–Kier alpha value is -1.75. The lowest BCUT2D eigenvalue weighted by molar-refractivity contribution is -0.145. The van der Waals surface area contributed by atoms with Gasteiger partial charge in [-0.15, -0.1) is 0 Å². The zero-order chi connectivity index (χ0) is 14.5. The van der Waals surface area contributed by atoms with Gasteiger partial charge in [-0.05, 0) is 38.3 Å². The van der Waals surface area contributed by atoms with E-state index in [1.807, 2.05) is 19.1 Å². The normalized spacial score (nSPS) is 16.6.